The van der Waals surface area contributed by atoms with Crippen LogP contribution in [0.1, 0.15) is 39.2 Å². The first-order chi connectivity index (χ1) is 12.3. The SMILES string of the molecule is Cc1cc(S(=O)(=O)N2CCN3C(=O)c4ccc(C)nc4C3C2)cc(C)n1. The van der Waals surface area contributed by atoms with Crippen molar-refractivity contribution in [2.24, 2.45) is 0 Å². The second kappa shape index (κ2) is 5.85. The molecule has 8 heteroatoms. The van der Waals surface area contributed by atoms with E-state index in [0.717, 1.165) is 5.69 Å². The number of sulfonamides is 1. The molecule has 0 radical (unpaired) electrons. The number of carbonyl (C=O) groups is 1. The highest BCUT2D eigenvalue weighted by Gasteiger charge is 2.44. The van der Waals surface area contributed by atoms with Crippen molar-refractivity contribution in [3.05, 3.63) is 52.6 Å². The van der Waals surface area contributed by atoms with Gasteiger partial charge in [0.25, 0.3) is 5.91 Å². The zero-order valence-electron chi connectivity index (χ0n) is 14.9. The summed E-state index contributed by atoms with van der Waals surface area (Å²) in [6, 6.07) is 6.44. The summed E-state index contributed by atoms with van der Waals surface area (Å²) in [5, 5.41) is 0. The quantitative estimate of drug-likeness (QED) is 0.800. The fourth-order valence-electron chi connectivity index (χ4n) is 3.71. The highest BCUT2D eigenvalue weighted by atomic mass is 32.2. The first-order valence-corrected chi connectivity index (χ1v) is 9.95. The van der Waals surface area contributed by atoms with Crippen molar-refractivity contribution in [1.82, 2.24) is 19.2 Å². The number of pyridine rings is 2. The fourth-order valence-corrected chi connectivity index (χ4v) is 5.31. The van der Waals surface area contributed by atoms with Crippen LogP contribution in [-0.4, -0.2) is 53.1 Å². The van der Waals surface area contributed by atoms with Gasteiger partial charge in [-0.3, -0.25) is 14.8 Å². The van der Waals surface area contributed by atoms with Crippen molar-refractivity contribution in [2.75, 3.05) is 19.6 Å². The van der Waals surface area contributed by atoms with E-state index in [1.807, 2.05) is 13.0 Å². The Morgan fingerprint density at radius 3 is 2.38 bits per heavy atom. The zero-order valence-corrected chi connectivity index (χ0v) is 15.7. The molecule has 0 N–H and O–H groups in total. The number of hydrogen-bond donors (Lipinski definition) is 0. The van der Waals surface area contributed by atoms with Gasteiger partial charge in [-0.1, -0.05) is 0 Å². The third kappa shape index (κ3) is 2.60. The molecule has 0 aromatic carbocycles. The molecule has 0 spiro atoms. The maximum Gasteiger partial charge on any atom is 0.256 e. The lowest BCUT2D eigenvalue weighted by Gasteiger charge is -2.36. The molecule has 2 aromatic rings. The molecule has 1 amide bonds. The van der Waals surface area contributed by atoms with Gasteiger partial charge in [0.15, 0.2) is 0 Å². The van der Waals surface area contributed by atoms with E-state index < -0.39 is 10.0 Å². The number of carbonyl (C=O) groups excluding carboxylic acids is 1. The van der Waals surface area contributed by atoms with Crippen LogP contribution in [0.15, 0.2) is 29.2 Å². The summed E-state index contributed by atoms with van der Waals surface area (Å²) in [5.41, 5.74) is 3.41. The Kier molecular flexibility index (Phi) is 3.85. The van der Waals surface area contributed by atoms with Crippen LogP contribution < -0.4 is 0 Å². The van der Waals surface area contributed by atoms with E-state index in [1.54, 1.807) is 36.9 Å². The molecule has 2 aromatic heterocycles. The molecule has 1 saturated heterocycles. The third-order valence-electron chi connectivity index (χ3n) is 4.91. The predicted octanol–water partition coefficient (Wildman–Crippen LogP) is 1.60. The van der Waals surface area contributed by atoms with Crippen LogP contribution in [0.5, 0.6) is 0 Å². The van der Waals surface area contributed by atoms with Crippen LogP contribution in [0.2, 0.25) is 0 Å². The van der Waals surface area contributed by atoms with Gasteiger partial charge in [-0.25, -0.2) is 8.42 Å². The van der Waals surface area contributed by atoms with Gasteiger partial charge in [-0.2, -0.15) is 4.31 Å². The molecule has 7 nitrogen and oxygen atoms in total. The molecule has 0 bridgehead atoms. The number of hydrogen-bond acceptors (Lipinski definition) is 5. The van der Waals surface area contributed by atoms with Crippen LogP contribution in [0.4, 0.5) is 0 Å². The van der Waals surface area contributed by atoms with Crippen molar-refractivity contribution < 1.29 is 13.2 Å². The van der Waals surface area contributed by atoms with Crippen molar-refractivity contribution in [2.45, 2.75) is 31.7 Å². The fraction of sp³-hybridized carbons (Fsp3) is 0.389. The van der Waals surface area contributed by atoms with Gasteiger partial charge >= 0.3 is 0 Å². The summed E-state index contributed by atoms with van der Waals surface area (Å²) in [6.07, 6.45) is 0. The first kappa shape index (κ1) is 17.1. The van der Waals surface area contributed by atoms with Gasteiger partial charge in [-0.15, -0.1) is 0 Å². The van der Waals surface area contributed by atoms with E-state index in [-0.39, 0.29) is 29.9 Å². The second-order valence-electron chi connectivity index (χ2n) is 6.85. The molecular formula is C18H20N4O3S. The monoisotopic (exact) mass is 372 g/mol. The standard InChI is InChI=1S/C18H20N4O3S/c1-11-4-5-15-17(20-11)16-10-21(6-7-22(16)18(15)23)26(24,25)14-8-12(2)19-13(3)9-14/h4-5,8-9,16H,6-7,10H2,1-3H3. The molecular weight excluding hydrogens is 352 g/mol. The lowest BCUT2D eigenvalue weighted by atomic mass is 10.1. The van der Waals surface area contributed by atoms with E-state index in [4.69, 9.17) is 0 Å². The van der Waals surface area contributed by atoms with Crippen molar-refractivity contribution in [3.63, 3.8) is 0 Å². The Balaban J connectivity index is 1.70. The summed E-state index contributed by atoms with van der Waals surface area (Å²) >= 11 is 0. The number of amides is 1. The molecule has 0 saturated carbocycles. The topological polar surface area (TPSA) is 83.5 Å². The summed E-state index contributed by atoms with van der Waals surface area (Å²) in [7, 11) is -3.65. The molecule has 1 atom stereocenters. The molecule has 1 unspecified atom stereocenters. The van der Waals surface area contributed by atoms with Crippen molar-refractivity contribution in [1.29, 1.82) is 0 Å². The number of aromatic nitrogens is 2. The van der Waals surface area contributed by atoms with Gasteiger partial charge in [0.05, 0.1) is 22.2 Å². The first-order valence-electron chi connectivity index (χ1n) is 8.51. The highest BCUT2D eigenvalue weighted by Crippen LogP contribution is 2.36. The van der Waals surface area contributed by atoms with Gasteiger partial charge < -0.3 is 4.90 Å². The number of aryl methyl sites for hydroxylation is 3. The minimum absolute atomic E-state index is 0.0647. The average molecular weight is 372 g/mol. The third-order valence-corrected chi connectivity index (χ3v) is 6.75. The van der Waals surface area contributed by atoms with E-state index in [9.17, 15) is 13.2 Å². The Bertz CT molecular complexity index is 999. The van der Waals surface area contributed by atoms with E-state index in [2.05, 4.69) is 9.97 Å². The molecule has 26 heavy (non-hydrogen) atoms. The molecule has 2 aliphatic heterocycles. The maximum absolute atomic E-state index is 13.1. The minimum atomic E-state index is -3.65. The van der Waals surface area contributed by atoms with Crippen LogP contribution >= 0.6 is 0 Å². The summed E-state index contributed by atoms with van der Waals surface area (Å²) in [6.45, 7) is 6.29. The highest BCUT2D eigenvalue weighted by molar-refractivity contribution is 7.89. The van der Waals surface area contributed by atoms with E-state index >= 15 is 0 Å². The van der Waals surface area contributed by atoms with Crippen molar-refractivity contribution in [3.8, 4) is 0 Å². The summed E-state index contributed by atoms with van der Waals surface area (Å²) in [4.78, 5) is 23.3. The predicted molar refractivity (Wildman–Crippen MR) is 95.2 cm³/mol. The maximum atomic E-state index is 13.1. The lowest BCUT2D eigenvalue weighted by Crippen LogP contribution is -2.49. The van der Waals surface area contributed by atoms with Crippen molar-refractivity contribution >= 4 is 15.9 Å². The number of rotatable bonds is 2. The minimum Gasteiger partial charge on any atom is -0.327 e. The van der Waals surface area contributed by atoms with Gasteiger partial charge in [-0.05, 0) is 45.0 Å². The molecule has 4 heterocycles. The Morgan fingerprint density at radius 2 is 1.69 bits per heavy atom. The number of nitrogens with zero attached hydrogens (tertiary/aromatic N) is 4. The summed E-state index contributed by atoms with van der Waals surface area (Å²) in [5.74, 6) is -0.0647. The van der Waals surface area contributed by atoms with Gasteiger partial charge in [0.1, 0.15) is 0 Å². The van der Waals surface area contributed by atoms with Gasteiger partial charge in [0, 0.05) is 36.7 Å². The smallest absolute Gasteiger partial charge is 0.256 e. The molecule has 2 aliphatic rings. The normalized spacial score (nSPS) is 20.2. The van der Waals surface area contributed by atoms with Crippen LogP contribution in [0, 0.1) is 20.8 Å². The van der Waals surface area contributed by atoms with E-state index in [1.165, 1.54) is 4.31 Å². The van der Waals surface area contributed by atoms with Crippen LogP contribution in [0.25, 0.3) is 0 Å². The largest absolute Gasteiger partial charge is 0.327 e. The Hall–Kier alpha value is -2.32. The van der Waals surface area contributed by atoms with Gasteiger partial charge in [0.2, 0.25) is 10.0 Å². The second-order valence-corrected chi connectivity index (χ2v) is 8.79. The molecule has 4 rings (SSSR count). The average Bonchev–Trinajstić information content (AvgIpc) is 2.86. The Labute approximate surface area is 152 Å². The number of fused-ring (bicyclic) bond motifs is 3. The molecule has 136 valence electrons. The zero-order chi connectivity index (χ0) is 18.6. The lowest BCUT2D eigenvalue weighted by molar-refractivity contribution is 0.0625. The van der Waals surface area contributed by atoms with E-state index in [0.29, 0.717) is 29.2 Å². The molecule has 0 aliphatic carbocycles. The summed E-state index contributed by atoms with van der Waals surface area (Å²) < 4.78 is 27.7. The number of piperazine rings is 1. The van der Waals surface area contributed by atoms with Crippen LogP contribution in [-0.2, 0) is 10.0 Å². The molecule has 1 fully saturated rings. The Morgan fingerprint density at radius 1 is 1.00 bits per heavy atom. The van der Waals surface area contributed by atoms with Crippen LogP contribution in [0.3, 0.4) is 0 Å².